The molecule has 1 aliphatic rings. The molecule has 6 heteroatoms. The standard InChI is InChI=1S/C21H25ClN2O2S/c1-2-25-18-11-9-17(10-12-18)23-21(27)24(15-19-7-5-13-26-19)14-16-6-3-4-8-20(16)22/h3-4,6,8-12,19H,2,5,7,13-15H2,1H3,(H,23,27). The van der Waals surface area contributed by atoms with Gasteiger partial charge < -0.3 is 19.7 Å². The molecule has 1 atom stereocenters. The smallest absolute Gasteiger partial charge is 0.173 e. The molecule has 1 fully saturated rings. The van der Waals surface area contributed by atoms with Crippen molar-refractivity contribution in [2.75, 3.05) is 25.1 Å². The van der Waals surface area contributed by atoms with Gasteiger partial charge in [-0.25, -0.2) is 0 Å². The molecule has 0 radical (unpaired) electrons. The van der Waals surface area contributed by atoms with Crippen LogP contribution >= 0.6 is 23.8 Å². The third-order valence-corrected chi connectivity index (χ3v) is 5.20. The number of ether oxygens (including phenoxy) is 2. The summed E-state index contributed by atoms with van der Waals surface area (Å²) in [6.07, 6.45) is 2.36. The number of hydrogen-bond donors (Lipinski definition) is 1. The molecule has 0 aliphatic carbocycles. The fourth-order valence-corrected chi connectivity index (χ4v) is 3.54. The lowest BCUT2D eigenvalue weighted by Gasteiger charge is -2.28. The van der Waals surface area contributed by atoms with Crippen LogP contribution in [0.4, 0.5) is 5.69 Å². The van der Waals surface area contributed by atoms with Gasteiger partial charge in [0.1, 0.15) is 5.75 Å². The highest BCUT2D eigenvalue weighted by Gasteiger charge is 2.21. The minimum atomic E-state index is 0.201. The Morgan fingerprint density at radius 2 is 2.04 bits per heavy atom. The van der Waals surface area contributed by atoms with Gasteiger partial charge in [0.05, 0.1) is 12.7 Å². The van der Waals surface area contributed by atoms with Crippen LogP contribution in [-0.4, -0.2) is 35.9 Å². The Bertz CT molecular complexity index is 748. The van der Waals surface area contributed by atoms with Crippen LogP contribution < -0.4 is 10.1 Å². The average Bonchev–Trinajstić information content (AvgIpc) is 3.18. The topological polar surface area (TPSA) is 33.7 Å². The summed E-state index contributed by atoms with van der Waals surface area (Å²) in [5.74, 6) is 0.848. The second-order valence-electron chi connectivity index (χ2n) is 6.49. The van der Waals surface area contributed by atoms with Crippen LogP contribution in [-0.2, 0) is 11.3 Å². The summed E-state index contributed by atoms with van der Waals surface area (Å²) in [5.41, 5.74) is 1.98. The number of nitrogens with one attached hydrogen (secondary N) is 1. The second-order valence-corrected chi connectivity index (χ2v) is 7.29. The van der Waals surface area contributed by atoms with Crippen molar-refractivity contribution in [2.24, 2.45) is 0 Å². The molecule has 1 aliphatic heterocycles. The average molecular weight is 405 g/mol. The molecule has 3 rings (SSSR count). The predicted molar refractivity (Wildman–Crippen MR) is 115 cm³/mol. The van der Waals surface area contributed by atoms with Crippen LogP contribution in [0.3, 0.4) is 0 Å². The van der Waals surface area contributed by atoms with E-state index in [0.29, 0.717) is 18.3 Å². The first-order chi connectivity index (χ1) is 13.2. The maximum absolute atomic E-state index is 6.36. The van der Waals surface area contributed by atoms with E-state index < -0.39 is 0 Å². The first-order valence-electron chi connectivity index (χ1n) is 9.29. The molecule has 1 heterocycles. The van der Waals surface area contributed by atoms with Gasteiger partial charge in [0.2, 0.25) is 0 Å². The van der Waals surface area contributed by atoms with Gasteiger partial charge in [-0.05, 0) is 67.9 Å². The number of rotatable bonds is 7. The molecule has 2 aromatic carbocycles. The third kappa shape index (κ3) is 5.83. The molecule has 1 unspecified atom stereocenters. The highest BCUT2D eigenvalue weighted by Crippen LogP contribution is 2.21. The Labute approximate surface area is 171 Å². The van der Waals surface area contributed by atoms with E-state index in [1.807, 2.05) is 55.5 Å². The van der Waals surface area contributed by atoms with E-state index in [2.05, 4.69) is 10.2 Å². The molecule has 2 aromatic rings. The lowest BCUT2D eigenvalue weighted by molar-refractivity contribution is 0.0905. The zero-order valence-electron chi connectivity index (χ0n) is 15.5. The Kier molecular flexibility index (Phi) is 7.33. The quantitative estimate of drug-likeness (QED) is 0.648. The zero-order chi connectivity index (χ0) is 19.1. The Hall–Kier alpha value is -1.82. The van der Waals surface area contributed by atoms with Gasteiger partial charge in [0.15, 0.2) is 5.11 Å². The summed E-state index contributed by atoms with van der Waals surface area (Å²) >= 11 is 12.1. The van der Waals surface area contributed by atoms with E-state index >= 15 is 0 Å². The first kappa shape index (κ1) is 19.9. The van der Waals surface area contributed by atoms with Crippen molar-refractivity contribution in [3.05, 3.63) is 59.1 Å². The molecule has 4 nitrogen and oxygen atoms in total. The van der Waals surface area contributed by atoms with Crippen LogP contribution in [0.5, 0.6) is 5.75 Å². The number of hydrogen-bond acceptors (Lipinski definition) is 3. The normalized spacial score (nSPS) is 16.1. The largest absolute Gasteiger partial charge is 0.494 e. The van der Waals surface area contributed by atoms with Crippen LogP contribution in [0.2, 0.25) is 5.02 Å². The van der Waals surface area contributed by atoms with Crippen LogP contribution in [0, 0.1) is 0 Å². The van der Waals surface area contributed by atoms with Crippen molar-refractivity contribution in [3.63, 3.8) is 0 Å². The van der Waals surface area contributed by atoms with Crippen LogP contribution in [0.15, 0.2) is 48.5 Å². The van der Waals surface area contributed by atoms with E-state index in [-0.39, 0.29) is 6.10 Å². The molecular weight excluding hydrogens is 380 g/mol. The lowest BCUT2D eigenvalue weighted by Crippen LogP contribution is -2.39. The van der Waals surface area contributed by atoms with Crippen molar-refractivity contribution in [1.29, 1.82) is 0 Å². The van der Waals surface area contributed by atoms with Crippen LogP contribution in [0.1, 0.15) is 25.3 Å². The zero-order valence-corrected chi connectivity index (χ0v) is 17.1. The third-order valence-electron chi connectivity index (χ3n) is 4.47. The first-order valence-corrected chi connectivity index (χ1v) is 10.1. The molecule has 144 valence electrons. The van der Waals surface area contributed by atoms with Crippen molar-refractivity contribution in [1.82, 2.24) is 4.90 Å². The van der Waals surface area contributed by atoms with E-state index in [1.165, 1.54) is 0 Å². The summed E-state index contributed by atoms with van der Waals surface area (Å²) in [4.78, 5) is 2.13. The fourth-order valence-electron chi connectivity index (χ4n) is 3.09. The van der Waals surface area contributed by atoms with Gasteiger partial charge in [-0.3, -0.25) is 0 Å². The number of benzene rings is 2. The Morgan fingerprint density at radius 1 is 1.26 bits per heavy atom. The van der Waals surface area contributed by atoms with Crippen molar-refractivity contribution < 1.29 is 9.47 Å². The maximum Gasteiger partial charge on any atom is 0.173 e. The van der Waals surface area contributed by atoms with Crippen molar-refractivity contribution in [3.8, 4) is 5.75 Å². The molecule has 0 amide bonds. The number of anilines is 1. The van der Waals surface area contributed by atoms with Gasteiger partial charge in [-0.15, -0.1) is 0 Å². The number of nitrogens with zero attached hydrogens (tertiary/aromatic N) is 1. The molecular formula is C21H25ClN2O2S. The second kappa shape index (κ2) is 9.93. The molecule has 27 heavy (non-hydrogen) atoms. The maximum atomic E-state index is 6.36. The van der Waals surface area contributed by atoms with Crippen molar-refractivity contribution >= 4 is 34.6 Å². The molecule has 1 saturated heterocycles. The van der Waals surface area contributed by atoms with E-state index in [1.54, 1.807) is 0 Å². The number of thiocarbonyl (C=S) groups is 1. The highest BCUT2D eigenvalue weighted by molar-refractivity contribution is 7.80. The van der Waals surface area contributed by atoms with Crippen LogP contribution in [0.25, 0.3) is 0 Å². The van der Waals surface area contributed by atoms with E-state index in [9.17, 15) is 0 Å². The molecule has 0 bridgehead atoms. The minimum absolute atomic E-state index is 0.201. The monoisotopic (exact) mass is 404 g/mol. The fraction of sp³-hybridized carbons (Fsp3) is 0.381. The summed E-state index contributed by atoms with van der Waals surface area (Å²) < 4.78 is 11.3. The van der Waals surface area contributed by atoms with Crippen molar-refractivity contribution in [2.45, 2.75) is 32.4 Å². The summed E-state index contributed by atoms with van der Waals surface area (Å²) in [5, 5.41) is 4.74. The van der Waals surface area contributed by atoms with Gasteiger partial charge >= 0.3 is 0 Å². The molecule has 0 aromatic heterocycles. The minimum Gasteiger partial charge on any atom is -0.494 e. The Morgan fingerprint density at radius 3 is 2.70 bits per heavy atom. The Balaban J connectivity index is 1.70. The van der Waals surface area contributed by atoms with Gasteiger partial charge in [-0.1, -0.05) is 29.8 Å². The van der Waals surface area contributed by atoms with E-state index in [4.69, 9.17) is 33.3 Å². The predicted octanol–water partition coefficient (Wildman–Crippen LogP) is 5.12. The molecule has 1 N–H and O–H groups in total. The summed E-state index contributed by atoms with van der Waals surface area (Å²) in [6, 6.07) is 15.7. The highest BCUT2D eigenvalue weighted by atomic mass is 35.5. The molecule has 0 spiro atoms. The van der Waals surface area contributed by atoms with Gasteiger partial charge in [0, 0.05) is 30.4 Å². The van der Waals surface area contributed by atoms with Gasteiger partial charge in [-0.2, -0.15) is 0 Å². The SMILES string of the molecule is CCOc1ccc(NC(=S)N(Cc2ccccc2Cl)CC2CCCO2)cc1. The van der Waals surface area contributed by atoms with E-state index in [0.717, 1.165) is 48.0 Å². The number of halogens is 1. The summed E-state index contributed by atoms with van der Waals surface area (Å²) in [7, 11) is 0. The molecule has 0 saturated carbocycles. The van der Waals surface area contributed by atoms with Gasteiger partial charge in [0.25, 0.3) is 0 Å². The summed E-state index contributed by atoms with van der Waals surface area (Å²) in [6.45, 7) is 4.83. The lowest BCUT2D eigenvalue weighted by atomic mass is 10.2.